The summed E-state index contributed by atoms with van der Waals surface area (Å²) < 4.78 is 9.86. The topological polar surface area (TPSA) is 17.4 Å². The van der Waals surface area contributed by atoms with Gasteiger partial charge in [0.05, 0.1) is 11.2 Å². The number of hydrogen-bond acceptors (Lipinski definition) is 2. The maximum absolute atomic E-state index is 7.35. The Morgan fingerprint density at radius 3 is 1.97 bits per heavy atom. The summed E-state index contributed by atoms with van der Waals surface area (Å²) >= 11 is 0. The molecule has 0 fully saturated rings. The smallest absolute Gasteiger partial charge is 0.256 e. The second kappa shape index (κ2) is 12.6. The van der Waals surface area contributed by atoms with E-state index < -0.39 is 0 Å². The van der Waals surface area contributed by atoms with Crippen LogP contribution in [0.5, 0.6) is 11.5 Å². The van der Waals surface area contributed by atoms with E-state index in [-0.39, 0.29) is 12.1 Å². The van der Waals surface area contributed by atoms with Gasteiger partial charge in [-0.15, -0.1) is 0 Å². The first-order valence-corrected chi connectivity index (χ1v) is 22.0. The third kappa shape index (κ3) is 4.75. The van der Waals surface area contributed by atoms with E-state index in [2.05, 4.69) is 224 Å². The number of fused-ring (bicyclic) bond motifs is 13. The minimum Gasteiger partial charge on any atom is -0.458 e. The molecular formula is C59H39BN2O. The van der Waals surface area contributed by atoms with E-state index in [1.54, 1.807) is 0 Å². The number of rotatable bonds is 4. The zero-order valence-electron chi connectivity index (χ0n) is 34.9. The molecule has 3 heterocycles. The highest BCUT2D eigenvalue weighted by molar-refractivity contribution is 6.99. The number of benzene rings is 10. The molecule has 1 aromatic heterocycles. The van der Waals surface area contributed by atoms with Crippen molar-refractivity contribution in [1.82, 2.24) is 4.57 Å². The molecule has 0 saturated heterocycles. The Hall–Kier alpha value is -7.82. The van der Waals surface area contributed by atoms with E-state index in [0.29, 0.717) is 0 Å². The summed E-state index contributed by atoms with van der Waals surface area (Å²) in [4.78, 5) is 2.42. The summed E-state index contributed by atoms with van der Waals surface area (Å²) in [6.45, 7) is 4.82. The van der Waals surface area contributed by atoms with Gasteiger partial charge >= 0.3 is 0 Å². The average Bonchev–Trinajstić information content (AvgIpc) is 3.78. The predicted octanol–water partition coefficient (Wildman–Crippen LogP) is 13.5. The molecule has 10 aromatic carbocycles. The molecule has 0 bridgehead atoms. The molecule has 0 spiro atoms. The lowest BCUT2D eigenvalue weighted by Crippen LogP contribution is -2.58. The number of aromatic nitrogens is 1. The van der Waals surface area contributed by atoms with Crippen molar-refractivity contribution >= 4 is 83.5 Å². The summed E-state index contributed by atoms with van der Waals surface area (Å²) in [6.07, 6.45) is 0. The van der Waals surface area contributed by atoms with Crippen molar-refractivity contribution in [2.75, 3.05) is 4.90 Å². The SMILES string of the molecule is CC1(C)c2cc3c(cc2-c2c1cc(N(c1ccccc1)c1ccccc1)c1ccccc21)Oc1cc(-c2ccc4ccccc4c2)cc2c1B3c1cccc3c4ccccc4n-2c13. The van der Waals surface area contributed by atoms with Crippen LogP contribution in [0.25, 0.3) is 71.3 Å². The average molecular weight is 803 g/mol. The second-order valence-corrected chi connectivity index (χ2v) is 18.0. The van der Waals surface area contributed by atoms with Crippen LogP contribution >= 0.6 is 0 Å². The van der Waals surface area contributed by atoms with Crippen LogP contribution in [0.3, 0.4) is 0 Å². The number of anilines is 3. The molecule has 63 heavy (non-hydrogen) atoms. The van der Waals surface area contributed by atoms with Crippen LogP contribution in [0.1, 0.15) is 25.0 Å². The number of hydrogen-bond donors (Lipinski definition) is 0. The summed E-state index contributed by atoms with van der Waals surface area (Å²) in [7, 11) is 0. The Morgan fingerprint density at radius 2 is 1.17 bits per heavy atom. The quantitative estimate of drug-likeness (QED) is 0.165. The Bertz CT molecular complexity index is 3720. The second-order valence-electron chi connectivity index (χ2n) is 18.0. The molecule has 14 rings (SSSR count). The summed E-state index contributed by atoms with van der Waals surface area (Å²) in [5.41, 5.74) is 18.2. The maximum Gasteiger partial charge on any atom is 0.256 e. The van der Waals surface area contributed by atoms with Gasteiger partial charge in [0.1, 0.15) is 11.5 Å². The molecule has 3 nitrogen and oxygen atoms in total. The van der Waals surface area contributed by atoms with Gasteiger partial charge in [-0.1, -0.05) is 153 Å². The summed E-state index contributed by atoms with van der Waals surface area (Å²) in [5.74, 6) is 1.86. The van der Waals surface area contributed by atoms with Crippen LogP contribution in [0.15, 0.2) is 200 Å². The standard InChI is InChI=1S/C59H39BN2O/c1-59(2)47-34-50-54(33-46(47)56-44-24-12-11-22-42(44)52(35-48(56)59)61(40-18-5-3-6-19-40)41-20-7-4-8-21-41)63-55-32-39(38-29-28-36-16-9-10-17-37(36)30-38)31-53-57(55)60(50)49-26-15-25-45-43-23-13-14-27-51(43)62(53)58(45)49/h3-35H,1-2H3. The molecule has 2 aliphatic heterocycles. The molecular weight excluding hydrogens is 763 g/mol. The van der Waals surface area contributed by atoms with Gasteiger partial charge in [-0.2, -0.15) is 0 Å². The van der Waals surface area contributed by atoms with Gasteiger partial charge in [0.25, 0.3) is 6.71 Å². The molecule has 3 aliphatic rings. The molecule has 1 aliphatic carbocycles. The van der Waals surface area contributed by atoms with Crippen LogP contribution in [-0.4, -0.2) is 11.3 Å². The Morgan fingerprint density at radius 1 is 0.492 bits per heavy atom. The van der Waals surface area contributed by atoms with E-state index in [9.17, 15) is 0 Å². The fourth-order valence-electron chi connectivity index (χ4n) is 11.5. The van der Waals surface area contributed by atoms with E-state index >= 15 is 0 Å². The summed E-state index contributed by atoms with van der Waals surface area (Å²) in [5, 5.41) is 7.49. The summed E-state index contributed by atoms with van der Waals surface area (Å²) in [6, 6.07) is 73.8. The zero-order chi connectivity index (χ0) is 41.6. The number of ether oxygens (including phenoxy) is 1. The Balaban J connectivity index is 1.03. The van der Waals surface area contributed by atoms with E-state index in [4.69, 9.17) is 4.74 Å². The van der Waals surface area contributed by atoms with Crippen molar-refractivity contribution in [1.29, 1.82) is 0 Å². The molecule has 4 heteroatoms. The van der Waals surface area contributed by atoms with Crippen molar-refractivity contribution in [2.45, 2.75) is 19.3 Å². The van der Waals surface area contributed by atoms with Gasteiger partial charge in [0.15, 0.2) is 0 Å². The minimum atomic E-state index is -0.295. The lowest BCUT2D eigenvalue weighted by atomic mass is 9.34. The van der Waals surface area contributed by atoms with Crippen molar-refractivity contribution in [3.8, 4) is 39.4 Å². The van der Waals surface area contributed by atoms with Crippen LogP contribution in [0.2, 0.25) is 0 Å². The third-order valence-electron chi connectivity index (χ3n) is 14.4. The van der Waals surface area contributed by atoms with Crippen LogP contribution in [0.4, 0.5) is 17.1 Å². The molecule has 0 unspecified atom stereocenters. The molecule has 0 N–H and O–H groups in total. The normalized spacial score (nSPS) is 13.8. The fourth-order valence-corrected chi connectivity index (χ4v) is 11.5. The zero-order valence-corrected chi connectivity index (χ0v) is 34.9. The highest BCUT2D eigenvalue weighted by Gasteiger charge is 2.45. The number of nitrogens with zero attached hydrogens (tertiary/aromatic N) is 2. The van der Waals surface area contributed by atoms with Gasteiger partial charge in [0.2, 0.25) is 0 Å². The minimum absolute atomic E-state index is 0.00585. The first-order valence-electron chi connectivity index (χ1n) is 22.0. The molecule has 0 amide bonds. The third-order valence-corrected chi connectivity index (χ3v) is 14.4. The molecule has 294 valence electrons. The van der Waals surface area contributed by atoms with Crippen molar-refractivity contribution in [2.24, 2.45) is 0 Å². The van der Waals surface area contributed by atoms with Gasteiger partial charge < -0.3 is 14.2 Å². The highest BCUT2D eigenvalue weighted by atomic mass is 16.5. The van der Waals surface area contributed by atoms with Gasteiger partial charge in [0, 0.05) is 44.2 Å². The van der Waals surface area contributed by atoms with E-state index in [0.717, 1.165) is 28.4 Å². The molecule has 11 aromatic rings. The number of para-hydroxylation sites is 4. The Labute approximate surface area is 366 Å². The van der Waals surface area contributed by atoms with E-state index in [1.165, 1.54) is 98.9 Å². The highest BCUT2D eigenvalue weighted by Crippen LogP contribution is 2.55. The van der Waals surface area contributed by atoms with Gasteiger partial charge in [-0.25, -0.2) is 0 Å². The van der Waals surface area contributed by atoms with Crippen LogP contribution in [0, 0.1) is 0 Å². The lowest BCUT2D eigenvalue weighted by Gasteiger charge is -2.35. The fraction of sp³-hybridized carbons (Fsp3) is 0.0508. The predicted molar refractivity (Wildman–Crippen MR) is 265 cm³/mol. The van der Waals surface area contributed by atoms with Crippen LogP contribution < -0.4 is 26.0 Å². The molecule has 0 atom stereocenters. The van der Waals surface area contributed by atoms with Gasteiger partial charge in [-0.05, 0) is 127 Å². The first-order chi connectivity index (χ1) is 31.0. The van der Waals surface area contributed by atoms with E-state index in [1.807, 2.05) is 0 Å². The van der Waals surface area contributed by atoms with Crippen molar-refractivity contribution in [3.05, 3.63) is 211 Å². The lowest BCUT2D eigenvalue weighted by molar-refractivity contribution is 0.487. The largest absolute Gasteiger partial charge is 0.458 e. The maximum atomic E-state index is 7.35. The van der Waals surface area contributed by atoms with Crippen molar-refractivity contribution in [3.63, 3.8) is 0 Å². The van der Waals surface area contributed by atoms with Crippen molar-refractivity contribution < 1.29 is 4.74 Å². The monoisotopic (exact) mass is 802 g/mol. The first kappa shape index (κ1) is 34.8. The molecule has 0 radical (unpaired) electrons. The van der Waals surface area contributed by atoms with Crippen LogP contribution in [-0.2, 0) is 5.41 Å². The van der Waals surface area contributed by atoms with Gasteiger partial charge in [-0.3, -0.25) is 0 Å². The Kier molecular flexibility index (Phi) is 6.98. The molecule has 0 saturated carbocycles.